The van der Waals surface area contributed by atoms with Crippen LogP contribution in [0, 0.1) is 0 Å². The van der Waals surface area contributed by atoms with E-state index in [2.05, 4.69) is 4.98 Å². The zero-order valence-electron chi connectivity index (χ0n) is 17.1. The van der Waals surface area contributed by atoms with E-state index >= 15 is 0 Å². The van der Waals surface area contributed by atoms with Crippen LogP contribution < -0.4 is 5.73 Å². The number of nitrogens with zero attached hydrogens (tertiary/aromatic N) is 2. The fraction of sp³-hybridized carbons (Fsp3) is 0.429. The fourth-order valence-corrected chi connectivity index (χ4v) is 6.09. The van der Waals surface area contributed by atoms with Crippen molar-refractivity contribution in [2.24, 2.45) is 5.73 Å². The van der Waals surface area contributed by atoms with E-state index in [0.717, 1.165) is 4.88 Å². The number of amides is 3. The summed E-state index contributed by atoms with van der Waals surface area (Å²) in [7, 11) is 1.40. The molecule has 0 radical (unpaired) electrons. The minimum absolute atomic E-state index is 0.108. The summed E-state index contributed by atoms with van der Waals surface area (Å²) < 4.78 is 5.57. The number of fused-ring (bicyclic) bond motifs is 1. The molecule has 2 heterocycles. The van der Waals surface area contributed by atoms with Gasteiger partial charge >= 0.3 is 0 Å². The van der Waals surface area contributed by atoms with Gasteiger partial charge < -0.3 is 10.5 Å². The van der Waals surface area contributed by atoms with Gasteiger partial charge in [0.25, 0.3) is 17.7 Å². The predicted molar refractivity (Wildman–Crippen MR) is 113 cm³/mol. The largest absolute Gasteiger partial charge is 0.367 e. The summed E-state index contributed by atoms with van der Waals surface area (Å²) in [5.41, 5.74) is 4.78. The van der Waals surface area contributed by atoms with Gasteiger partial charge in [0, 0.05) is 18.4 Å². The highest BCUT2D eigenvalue weighted by Crippen LogP contribution is 2.54. The topological polar surface area (TPSA) is 103 Å². The number of rotatable bonds is 4. The van der Waals surface area contributed by atoms with Gasteiger partial charge in [-0.3, -0.25) is 19.3 Å². The first-order valence-electron chi connectivity index (χ1n) is 9.51. The van der Waals surface area contributed by atoms with Crippen LogP contribution in [0.1, 0.15) is 63.7 Å². The molecule has 0 saturated heterocycles. The van der Waals surface area contributed by atoms with Crippen LogP contribution in [0.25, 0.3) is 0 Å². The molecule has 1 aliphatic heterocycles. The van der Waals surface area contributed by atoms with Crippen LogP contribution in [0.5, 0.6) is 0 Å². The molecule has 30 heavy (non-hydrogen) atoms. The summed E-state index contributed by atoms with van der Waals surface area (Å²) in [6, 6.07) is 6.06. The second kappa shape index (κ2) is 6.87. The lowest BCUT2D eigenvalue weighted by molar-refractivity contribution is -0.165. The van der Waals surface area contributed by atoms with Crippen molar-refractivity contribution < 1.29 is 19.1 Å². The quantitative estimate of drug-likeness (QED) is 0.725. The standard InChI is InChI=1S/C21H22ClN3O4S/c1-20(2,3)14-15(22)24-16(30-14)13-12(9-21(13,29-4)19(23)28)25-17(26)10-7-5-6-8-11(10)18(25)27/h5-8,12-13H,9H2,1-4H3,(H2,23,28). The summed E-state index contributed by atoms with van der Waals surface area (Å²) in [6.45, 7) is 6.03. The number of aromatic nitrogens is 1. The summed E-state index contributed by atoms with van der Waals surface area (Å²) in [4.78, 5) is 45.0. The average molecular weight is 448 g/mol. The van der Waals surface area contributed by atoms with E-state index < -0.39 is 35.3 Å². The molecule has 1 aromatic heterocycles. The molecule has 7 nitrogen and oxygen atoms in total. The van der Waals surface area contributed by atoms with Crippen LogP contribution in [-0.4, -0.2) is 46.4 Å². The maximum Gasteiger partial charge on any atom is 0.261 e. The van der Waals surface area contributed by atoms with E-state index in [-0.39, 0.29) is 11.8 Å². The summed E-state index contributed by atoms with van der Waals surface area (Å²) in [5, 5.41) is 0.864. The van der Waals surface area contributed by atoms with Crippen LogP contribution in [0.2, 0.25) is 5.15 Å². The molecule has 3 amide bonds. The third kappa shape index (κ3) is 2.81. The smallest absolute Gasteiger partial charge is 0.261 e. The van der Waals surface area contributed by atoms with Crippen molar-refractivity contribution in [3.05, 3.63) is 50.4 Å². The molecule has 0 spiro atoms. The first-order chi connectivity index (χ1) is 14.0. The number of primary amides is 1. The molecule has 1 saturated carbocycles. The second-order valence-corrected chi connectivity index (χ2v) is 10.0. The molecule has 158 valence electrons. The number of nitrogens with two attached hydrogens (primary N) is 1. The Morgan fingerprint density at radius 1 is 1.27 bits per heavy atom. The number of hydrogen-bond donors (Lipinski definition) is 1. The van der Waals surface area contributed by atoms with Crippen LogP contribution in [0.3, 0.4) is 0 Å². The van der Waals surface area contributed by atoms with Gasteiger partial charge in [-0.1, -0.05) is 44.5 Å². The zero-order chi connectivity index (χ0) is 22.0. The van der Waals surface area contributed by atoms with Gasteiger partial charge in [0.05, 0.1) is 23.1 Å². The molecule has 9 heteroatoms. The van der Waals surface area contributed by atoms with Crippen LogP contribution in [-0.2, 0) is 14.9 Å². The van der Waals surface area contributed by atoms with E-state index in [9.17, 15) is 14.4 Å². The van der Waals surface area contributed by atoms with Crippen molar-refractivity contribution in [2.45, 2.75) is 50.2 Å². The van der Waals surface area contributed by atoms with Gasteiger partial charge in [-0.2, -0.15) is 0 Å². The van der Waals surface area contributed by atoms with Crippen LogP contribution in [0.4, 0.5) is 0 Å². The Kier molecular flexibility index (Phi) is 4.80. The van der Waals surface area contributed by atoms with Crippen molar-refractivity contribution in [1.29, 1.82) is 0 Å². The molecular formula is C21H22ClN3O4S. The molecule has 2 aliphatic rings. The van der Waals surface area contributed by atoms with Crippen LogP contribution in [0.15, 0.2) is 24.3 Å². The van der Waals surface area contributed by atoms with Gasteiger partial charge in [-0.05, 0) is 17.5 Å². The van der Waals surface area contributed by atoms with Crippen molar-refractivity contribution >= 4 is 40.7 Å². The number of carbonyl (C=O) groups is 3. The molecule has 3 atom stereocenters. The van der Waals surface area contributed by atoms with Gasteiger partial charge in [0.15, 0.2) is 5.60 Å². The normalized spacial score (nSPS) is 26.0. The molecular weight excluding hydrogens is 426 g/mol. The minimum atomic E-state index is -1.36. The zero-order valence-corrected chi connectivity index (χ0v) is 18.6. The van der Waals surface area contributed by atoms with E-state index in [1.165, 1.54) is 23.3 Å². The minimum Gasteiger partial charge on any atom is -0.367 e. The molecule has 2 aromatic rings. The van der Waals surface area contributed by atoms with Gasteiger partial charge in [-0.15, -0.1) is 11.3 Å². The fourth-order valence-electron chi connectivity index (χ4n) is 4.30. The maximum absolute atomic E-state index is 13.0. The Hall–Kier alpha value is -2.29. The molecule has 4 rings (SSSR count). The third-order valence-corrected chi connectivity index (χ3v) is 7.84. The van der Waals surface area contributed by atoms with Crippen molar-refractivity contribution in [2.75, 3.05) is 7.11 Å². The lowest BCUT2D eigenvalue weighted by Gasteiger charge is -2.53. The Morgan fingerprint density at radius 3 is 2.27 bits per heavy atom. The Balaban J connectivity index is 1.80. The molecule has 1 fully saturated rings. The molecule has 2 N–H and O–H groups in total. The van der Waals surface area contributed by atoms with Gasteiger partial charge in [0.1, 0.15) is 10.2 Å². The number of thiazole rings is 1. The number of carbonyl (C=O) groups excluding carboxylic acids is 3. The summed E-state index contributed by atoms with van der Waals surface area (Å²) in [5.74, 6) is -2.13. The molecule has 1 aromatic carbocycles. The predicted octanol–water partition coefficient (Wildman–Crippen LogP) is 3.12. The molecule has 1 aliphatic carbocycles. The van der Waals surface area contributed by atoms with Crippen LogP contribution >= 0.6 is 22.9 Å². The highest BCUT2D eigenvalue weighted by atomic mass is 35.5. The van der Waals surface area contributed by atoms with E-state index in [1.807, 2.05) is 20.8 Å². The lowest BCUT2D eigenvalue weighted by Crippen LogP contribution is -2.68. The number of halogens is 1. The van der Waals surface area contributed by atoms with Gasteiger partial charge in [0.2, 0.25) is 0 Å². The lowest BCUT2D eigenvalue weighted by atomic mass is 9.64. The molecule has 3 unspecified atom stereocenters. The third-order valence-electron chi connectivity index (χ3n) is 5.89. The Labute approximate surface area is 183 Å². The van der Waals surface area contributed by atoms with Crippen molar-refractivity contribution in [3.63, 3.8) is 0 Å². The Bertz CT molecular complexity index is 1040. The summed E-state index contributed by atoms with van der Waals surface area (Å²) in [6.07, 6.45) is 0.108. The number of hydrogen-bond acceptors (Lipinski definition) is 6. The monoisotopic (exact) mass is 447 g/mol. The van der Waals surface area contributed by atoms with Crippen molar-refractivity contribution in [1.82, 2.24) is 9.88 Å². The van der Waals surface area contributed by atoms with E-state index in [0.29, 0.717) is 21.3 Å². The highest BCUT2D eigenvalue weighted by molar-refractivity contribution is 7.12. The number of ether oxygens (including phenoxy) is 1. The van der Waals surface area contributed by atoms with Gasteiger partial charge in [-0.25, -0.2) is 4.98 Å². The highest BCUT2D eigenvalue weighted by Gasteiger charge is 2.65. The first-order valence-corrected chi connectivity index (χ1v) is 10.7. The summed E-state index contributed by atoms with van der Waals surface area (Å²) >= 11 is 7.76. The average Bonchev–Trinajstić information content (AvgIpc) is 3.14. The SMILES string of the molecule is COC1(C(N)=O)CC(N2C(=O)c3ccccc3C2=O)C1c1nc(Cl)c(C(C)(C)C)s1. The second-order valence-electron chi connectivity index (χ2n) is 8.65. The molecule has 0 bridgehead atoms. The number of methoxy groups -OCH3 is 1. The number of benzene rings is 1. The van der Waals surface area contributed by atoms with Crippen molar-refractivity contribution in [3.8, 4) is 0 Å². The Morgan fingerprint density at radius 2 is 1.83 bits per heavy atom. The van der Waals surface area contributed by atoms with E-state index in [4.69, 9.17) is 22.1 Å². The maximum atomic E-state index is 13.0. The first kappa shape index (κ1) is 21.0. The van der Waals surface area contributed by atoms with E-state index in [1.54, 1.807) is 24.3 Å². The number of imide groups is 1.